The Bertz CT molecular complexity index is 903. The average molecular weight is 408 g/mol. The van der Waals surface area contributed by atoms with Crippen molar-refractivity contribution in [1.29, 1.82) is 0 Å². The molecular weight excluding hydrogens is 388 g/mol. The molecule has 3 rings (SSSR count). The zero-order valence-electron chi connectivity index (χ0n) is 15.9. The number of carbonyl (C=O) groups excluding carboxylic acids is 1. The Hall–Kier alpha value is -2.83. The van der Waals surface area contributed by atoms with Crippen LogP contribution in [0, 0.1) is 23.3 Å². The normalized spacial score (nSPS) is 15.6. The second-order valence-electron chi connectivity index (χ2n) is 7.24. The van der Waals surface area contributed by atoms with Crippen molar-refractivity contribution >= 4 is 12.0 Å². The molecule has 0 radical (unpaired) electrons. The number of carbonyl (C=O) groups is 1. The molecule has 0 N–H and O–H groups in total. The molecule has 29 heavy (non-hydrogen) atoms. The minimum absolute atomic E-state index is 0.0442. The van der Waals surface area contributed by atoms with Gasteiger partial charge in [-0.25, -0.2) is 13.6 Å². The molecule has 0 aliphatic heterocycles. The molecule has 2 aromatic carbocycles. The first-order chi connectivity index (χ1) is 13.8. The van der Waals surface area contributed by atoms with Gasteiger partial charge < -0.3 is 9.47 Å². The molecule has 1 fully saturated rings. The van der Waals surface area contributed by atoms with Gasteiger partial charge >= 0.3 is 5.97 Å². The van der Waals surface area contributed by atoms with Crippen LogP contribution < -0.4 is 4.74 Å². The minimum atomic E-state index is -1.86. The highest BCUT2D eigenvalue weighted by atomic mass is 19.2. The first-order valence-electron chi connectivity index (χ1n) is 9.25. The van der Waals surface area contributed by atoms with E-state index >= 15 is 0 Å². The molecule has 154 valence electrons. The Morgan fingerprint density at radius 2 is 1.52 bits per heavy atom. The van der Waals surface area contributed by atoms with Crippen LogP contribution in [0.1, 0.15) is 54.9 Å². The molecule has 1 aliphatic rings. The van der Waals surface area contributed by atoms with Crippen LogP contribution >= 0.6 is 0 Å². The van der Waals surface area contributed by atoms with E-state index in [1.807, 2.05) is 0 Å². The SMILES string of the molecule is C=Cc1ccc(Oc2c(F)c(F)c(C(=O)OC3(C)CCCCC3)c(F)c2F)cc1. The Labute approximate surface area is 165 Å². The zero-order valence-corrected chi connectivity index (χ0v) is 15.9. The van der Waals surface area contributed by atoms with E-state index < -0.39 is 46.2 Å². The first-order valence-corrected chi connectivity index (χ1v) is 9.25. The van der Waals surface area contributed by atoms with E-state index in [4.69, 9.17) is 9.47 Å². The molecule has 0 heterocycles. The van der Waals surface area contributed by atoms with Crippen LogP contribution in [0.2, 0.25) is 0 Å². The van der Waals surface area contributed by atoms with Gasteiger partial charge in [-0.15, -0.1) is 0 Å². The summed E-state index contributed by atoms with van der Waals surface area (Å²) < 4.78 is 68.0. The molecule has 3 nitrogen and oxygen atoms in total. The van der Waals surface area contributed by atoms with Crippen LogP contribution in [-0.2, 0) is 4.74 Å². The number of esters is 1. The lowest BCUT2D eigenvalue weighted by Crippen LogP contribution is -2.34. The topological polar surface area (TPSA) is 35.5 Å². The second-order valence-corrected chi connectivity index (χ2v) is 7.24. The summed E-state index contributed by atoms with van der Waals surface area (Å²) in [6.45, 7) is 5.20. The number of benzene rings is 2. The zero-order chi connectivity index (χ0) is 21.2. The van der Waals surface area contributed by atoms with E-state index in [-0.39, 0.29) is 5.75 Å². The van der Waals surface area contributed by atoms with Crippen LogP contribution in [0.3, 0.4) is 0 Å². The van der Waals surface area contributed by atoms with Crippen molar-refractivity contribution in [2.45, 2.75) is 44.6 Å². The monoisotopic (exact) mass is 408 g/mol. The molecule has 0 amide bonds. The summed E-state index contributed by atoms with van der Waals surface area (Å²) >= 11 is 0. The van der Waals surface area contributed by atoms with Crippen LogP contribution in [-0.4, -0.2) is 11.6 Å². The lowest BCUT2D eigenvalue weighted by atomic mass is 9.86. The standard InChI is InChI=1S/C22H20F4O3/c1-3-13-7-9-14(10-8-13)28-20-18(25)16(23)15(17(24)19(20)26)21(27)29-22(2)11-5-4-6-12-22/h3,7-10H,1,4-6,11-12H2,2H3. The van der Waals surface area contributed by atoms with E-state index in [1.54, 1.807) is 19.1 Å². The van der Waals surface area contributed by atoms with Gasteiger partial charge in [-0.05, 0) is 50.3 Å². The fourth-order valence-corrected chi connectivity index (χ4v) is 3.35. The number of rotatable bonds is 5. The number of halogens is 4. The van der Waals surface area contributed by atoms with E-state index in [9.17, 15) is 22.4 Å². The van der Waals surface area contributed by atoms with Crippen LogP contribution in [0.25, 0.3) is 6.08 Å². The fraction of sp³-hybridized carbons (Fsp3) is 0.318. The number of ether oxygens (including phenoxy) is 2. The number of hydrogen-bond donors (Lipinski definition) is 0. The van der Waals surface area contributed by atoms with Crippen molar-refractivity contribution in [3.05, 3.63) is 65.2 Å². The van der Waals surface area contributed by atoms with E-state index in [0.29, 0.717) is 18.4 Å². The minimum Gasteiger partial charge on any atom is -0.456 e. The molecule has 7 heteroatoms. The van der Waals surface area contributed by atoms with Crippen molar-refractivity contribution in [3.8, 4) is 11.5 Å². The molecule has 1 aliphatic carbocycles. The predicted octanol–water partition coefficient (Wildman–Crippen LogP) is 6.56. The molecule has 1 saturated carbocycles. The van der Waals surface area contributed by atoms with Crippen molar-refractivity contribution in [3.63, 3.8) is 0 Å². The highest BCUT2D eigenvalue weighted by Crippen LogP contribution is 2.36. The van der Waals surface area contributed by atoms with Gasteiger partial charge in [-0.1, -0.05) is 31.2 Å². The van der Waals surface area contributed by atoms with Gasteiger partial charge in [0.05, 0.1) is 0 Å². The Balaban J connectivity index is 1.92. The second kappa shape index (κ2) is 8.27. The summed E-state index contributed by atoms with van der Waals surface area (Å²) in [6, 6.07) is 5.80. The molecule has 0 unspecified atom stereocenters. The molecule has 2 aromatic rings. The lowest BCUT2D eigenvalue weighted by molar-refractivity contribution is -0.0279. The summed E-state index contributed by atoms with van der Waals surface area (Å²) in [5, 5.41) is 0. The summed E-state index contributed by atoms with van der Waals surface area (Å²) in [4.78, 5) is 12.3. The molecular formula is C22H20F4O3. The Morgan fingerprint density at radius 3 is 2.03 bits per heavy atom. The highest BCUT2D eigenvalue weighted by Gasteiger charge is 2.36. The fourth-order valence-electron chi connectivity index (χ4n) is 3.35. The third kappa shape index (κ3) is 4.28. The van der Waals surface area contributed by atoms with Gasteiger partial charge in [0.15, 0.2) is 11.6 Å². The van der Waals surface area contributed by atoms with Gasteiger partial charge in [0.1, 0.15) is 16.9 Å². The van der Waals surface area contributed by atoms with E-state index in [0.717, 1.165) is 19.3 Å². The van der Waals surface area contributed by atoms with Crippen LogP contribution in [0.4, 0.5) is 17.6 Å². The summed E-state index contributed by atoms with van der Waals surface area (Å²) in [7, 11) is 0. The molecule has 0 atom stereocenters. The molecule has 0 aromatic heterocycles. The van der Waals surface area contributed by atoms with Crippen molar-refractivity contribution < 1.29 is 31.8 Å². The van der Waals surface area contributed by atoms with Gasteiger partial charge in [0.25, 0.3) is 0 Å². The third-order valence-corrected chi connectivity index (χ3v) is 5.01. The van der Waals surface area contributed by atoms with Gasteiger partial charge in [-0.3, -0.25) is 0 Å². The maximum absolute atomic E-state index is 14.5. The highest BCUT2D eigenvalue weighted by molar-refractivity contribution is 5.90. The first kappa shape index (κ1) is 20.9. The van der Waals surface area contributed by atoms with Crippen molar-refractivity contribution in [2.75, 3.05) is 0 Å². The van der Waals surface area contributed by atoms with Crippen LogP contribution in [0.5, 0.6) is 11.5 Å². The molecule has 0 spiro atoms. The van der Waals surface area contributed by atoms with Crippen molar-refractivity contribution in [1.82, 2.24) is 0 Å². The maximum atomic E-state index is 14.5. The number of hydrogen-bond acceptors (Lipinski definition) is 3. The van der Waals surface area contributed by atoms with Crippen LogP contribution in [0.15, 0.2) is 30.8 Å². The van der Waals surface area contributed by atoms with Crippen molar-refractivity contribution in [2.24, 2.45) is 0 Å². The van der Waals surface area contributed by atoms with Gasteiger partial charge in [0, 0.05) is 0 Å². The smallest absolute Gasteiger partial charge is 0.344 e. The average Bonchev–Trinajstić information content (AvgIpc) is 2.70. The van der Waals surface area contributed by atoms with E-state index in [2.05, 4.69) is 6.58 Å². The Kier molecular flexibility index (Phi) is 5.96. The predicted molar refractivity (Wildman–Crippen MR) is 99.8 cm³/mol. The summed E-state index contributed by atoms with van der Waals surface area (Å²) in [5.41, 5.74) is -1.62. The lowest BCUT2D eigenvalue weighted by Gasteiger charge is -2.33. The van der Waals surface area contributed by atoms with Gasteiger partial charge in [-0.2, -0.15) is 8.78 Å². The Morgan fingerprint density at radius 1 is 0.966 bits per heavy atom. The summed E-state index contributed by atoms with van der Waals surface area (Å²) in [5.74, 6) is -10.1. The maximum Gasteiger partial charge on any atom is 0.344 e. The third-order valence-electron chi connectivity index (χ3n) is 5.01. The molecule has 0 saturated heterocycles. The quantitative estimate of drug-likeness (QED) is 0.319. The summed E-state index contributed by atoms with van der Waals surface area (Å²) in [6.07, 6.45) is 5.09. The molecule has 0 bridgehead atoms. The van der Waals surface area contributed by atoms with E-state index in [1.165, 1.54) is 18.2 Å². The van der Waals surface area contributed by atoms with Gasteiger partial charge in [0.2, 0.25) is 17.4 Å². The largest absolute Gasteiger partial charge is 0.456 e.